The number of para-hydroxylation sites is 1. The molecule has 3 nitrogen and oxygen atoms in total. The summed E-state index contributed by atoms with van der Waals surface area (Å²) in [4.78, 5) is 13.1. The molecule has 1 amide bonds. The van der Waals surface area contributed by atoms with Crippen molar-refractivity contribution < 1.29 is 9.53 Å². The predicted octanol–water partition coefficient (Wildman–Crippen LogP) is 1.58. The van der Waals surface area contributed by atoms with Crippen LogP contribution < -0.4 is 9.57 Å². The molecule has 0 fully saturated rings. The van der Waals surface area contributed by atoms with E-state index < -0.39 is 0 Å². The average Bonchev–Trinajstić information content (AvgIpc) is 2.16. The van der Waals surface area contributed by atoms with E-state index in [0.717, 1.165) is 0 Å². The number of ether oxygens (including phenoxy) is 1. The molecule has 0 heterocycles. The topological polar surface area (TPSA) is 38.3 Å². The van der Waals surface area contributed by atoms with Crippen LogP contribution in [-0.4, -0.2) is 13.0 Å². The third-order valence-electron chi connectivity index (χ3n) is 1.44. The summed E-state index contributed by atoms with van der Waals surface area (Å²) in [6.45, 7) is 0. The molecule has 0 radical (unpaired) electrons. The first-order valence-electron chi connectivity index (χ1n) is 3.33. The zero-order valence-electron chi connectivity index (χ0n) is 6.50. The summed E-state index contributed by atoms with van der Waals surface area (Å²) in [7, 11) is 1.50. The lowest BCUT2D eigenvalue weighted by molar-refractivity contribution is 0.0979. The number of nitrogens with one attached hydrogen (secondary N) is 1. The van der Waals surface area contributed by atoms with Crippen LogP contribution in [0.15, 0.2) is 24.3 Å². The second-order valence-electron chi connectivity index (χ2n) is 2.12. The van der Waals surface area contributed by atoms with Gasteiger partial charge in [0.15, 0.2) is 0 Å². The van der Waals surface area contributed by atoms with Crippen molar-refractivity contribution in [2.45, 2.75) is 0 Å². The Hall–Kier alpha value is -1.22. The Labute approximate surface area is 75.4 Å². The van der Waals surface area contributed by atoms with Gasteiger partial charge < -0.3 is 4.74 Å². The fourth-order valence-corrected chi connectivity index (χ4v) is 0.985. The molecule has 1 N–H and O–H groups in total. The number of hydrogen-bond acceptors (Lipinski definition) is 2. The van der Waals surface area contributed by atoms with Crippen LogP contribution in [0.25, 0.3) is 0 Å². The third kappa shape index (κ3) is 1.68. The number of hydrogen-bond donors (Lipinski definition) is 1. The summed E-state index contributed by atoms with van der Waals surface area (Å²) in [5.41, 5.74) is 0.426. The molecule has 0 aliphatic rings. The standard InChI is InChI=1S/C8H8ClNO2/c1-12-7-5-3-2-4-6(7)8(11)10-9/h2-5H,1H3,(H,10,11). The van der Waals surface area contributed by atoms with Crippen molar-refractivity contribution in [1.29, 1.82) is 0 Å². The zero-order chi connectivity index (χ0) is 8.97. The lowest BCUT2D eigenvalue weighted by atomic mass is 10.2. The highest BCUT2D eigenvalue weighted by molar-refractivity contribution is 6.24. The quantitative estimate of drug-likeness (QED) is 0.711. The van der Waals surface area contributed by atoms with E-state index in [1.165, 1.54) is 7.11 Å². The first kappa shape index (κ1) is 8.87. The van der Waals surface area contributed by atoms with Gasteiger partial charge in [-0.2, -0.15) is 0 Å². The number of amides is 1. The fraction of sp³-hybridized carbons (Fsp3) is 0.125. The molecule has 4 heteroatoms. The Morgan fingerprint density at radius 3 is 2.75 bits per heavy atom. The van der Waals surface area contributed by atoms with Gasteiger partial charge in [-0.25, -0.2) is 0 Å². The van der Waals surface area contributed by atoms with Crippen molar-refractivity contribution in [1.82, 2.24) is 4.84 Å². The van der Waals surface area contributed by atoms with E-state index in [4.69, 9.17) is 16.5 Å². The number of rotatable bonds is 2. The molecule has 0 aromatic heterocycles. The molecule has 0 unspecified atom stereocenters. The minimum atomic E-state index is -0.367. The van der Waals surface area contributed by atoms with Gasteiger partial charge in [0, 0.05) is 11.8 Å². The van der Waals surface area contributed by atoms with Gasteiger partial charge in [0.25, 0.3) is 5.91 Å². The van der Waals surface area contributed by atoms with Gasteiger partial charge in [0.2, 0.25) is 0 Å². The van der Waals surface area contributed by atoms with Crippen LogP contribution >= 0.6 is 11.8 Å². The van der Waals surface area contributed by atoms with E-state index in [0.29, 0.717) is 11.3 Å². The highest BCUT2D eigenvalue weighted by atomic mass is 35.5. The lowest BCUT2D eigenvalue weighted by Crippen LogP contribution is -2.13. The van der Waals surface area contributed by atoms with E-state index in [1.807, 2.05) is 4.84 Å². The van der Waals surface area contributed by atoms with E-state index in [9.17, 15) is 4.79 Å². The van der Waals surface area contributed by atoms with E-state index in [1.54, 1.807) is 24.3 Å². The van der Waals surface area contributed by atoms with Crippen LogP contribution in [0.2, 0.25) is 0 Å². The summed E-state index contributed by atoms with van der Waals surface area (Å²) >= 11 is 5.16. The second kappa shape index (κ2) is 3.97. The molecule has 0 bridgehead atoms. The maximum absolute atomic E-state index is 11.1. The molecule has 12 heavy (non-hydrogen) atoms. The van der Waals surface area contributed by atoms with Gasteiger partial charge in [0.1, 0.15) is 5.75 Å². The van der Waals surface area contributed by atoms with Crippen LogP contribution in [0.1, 0.15) is 10.4 Å². The van der Waals surface area contributed by atoms with Crippen LogP contribution in [0, 0.1) is 0 Å². The summed E-state index contributed by atoms with van der Waals surface area (Å²) in [5, 5.41) is 0. The molecule has 64 valence electrons. The van der Waals surface area contributed by atoms with Gasteiger partial charge in [-0.15, -0.1) is 0 Å². The summed E-state index contributed by atoms with van der Waals surface area (Å²) in [6.07, 6.45) is 0. The van der Waals surface area contributed by atoms with E-state index in [2.05, 4.69) is 0 Å². The molecule has 0 saturated heterocycles. The molecular formula is C8H8ClNO2. The maximum Gasteiger partial charge on any atom is 0.269 e. The van der Waals surface area contributed by atoms with Crippen molar-refractivity contribution in [3.63, 3.8) is 0 Å². The van der Waals surface area contributed by atoms with Crippen molar-refractivity contribution in [3.8, 4) is 5.75 Å². The molecule has 0 saturated carbocycles. The molecule has 0 aliphatic carbocycles. The Balaban J connectivity index is 3.04. The van der Waals surface area contributed by atoms with Crippen LogP contribution in [0.4, 0.5) is 0 Å². The largest absolute Gasteiger partial charge is 0.496 e. The average molecular weight is 186 g/mol. The number of carbonyl (C=O) groups excluding carboxylic acids is 1. The number of methoxy groups -OCH3 is 1. The minimum Gasteiger partial charge on any atom is -0.496 e. The van der Waals surface area contributed by atoms with Crippen molar-refractivity contribution >= 4 is 17.7 Å². The molecule has 1 aromatic carbocycles. The molecule has 0 aliphatic heterocycles. The van der Waals surface area contributed by atoms with Crippen LogP contribution in [0.3, 0.4) is 0 Å². The lowest BCUT2D eigenvalue weighted by Gasteiger charge is -2.04. The molecule has 1 rings (SSSR count). The summed E-state index contributed by atoms with van der Waals surface area (Å²) in [5.74, 6) is 0.143. The van der Waals surface area contributed by atoms with Gasteiger partial charge in [-0.05, 0) is 12.1 Å². The van der Waals surface area contributed by atoms with Crippen LogP contribution in [-0.2, 0) is 0 Å². The maximum atomic E-state index is 11.1. The van der Waals surface area contributed by atoms with E-state index in [-0.39, 0.29) is 5.91 Å². The Morgan fingerprint density at radius 2 is 2.17 bits per heavy atom. The summed E-state index contributed by atoms with van der Waals surface area (Å²) in [6, 6.07) is 6.85. The normalized spacial score (nSPS) is 9.17. The smallest absolute Gasteiger partial charge is 0.269 e. The van der Waals surface area contributed by atoms with Crippen molar-refractivity contribution in [2.75, 3.05) is 7.11 Å². The van der Waals surface area contributed by atoms with E-state index >= 15 is 0 Å². The predicted molar refractivity (Wildman–Crippen MR) is 46.3 cm³/mol. The first-order chi connectivity index (χ1) is 5.79. The second-order valence-corrected chi connectivity index (χ2v) is 2.31. The van der Waals surface area contributed by atoms with Crippen molar-refractivity contribution in [2.24, 2.45) is 0 Å². The number of benzene rings is 1. The highest BCUT2D eigenvalue weighted by Crippen LogP contribution is 2.16. The first-order valence-corrected chi connectivity index (χ1v) is 3.71. The number of halogens is 1. The Kier molecular flexibility index (Phi) is 2.94. The molecule has 0 spiro atoms. The van der Waals surface area contributed by atoms with Gasteiger partial charge in [-0.3, -0.25) is 9.63 Å². The monoisotopic (exact) mass is 185 g/mol. The van der Waals surface area contributed by atoms with Gasteiger partial charge >= 0.3 is 0 Å². The SMILES string of the molecule is COc1ccccc1C(=O)NCl. The summed E-state index contributed by atoms with van der Waals surface area (Å²) < 4.78 is 4.95. The third-order valence-corrected chi connectivity index (χ3v) is 1.61. The number of carbonyl (C=O) groups is 1. The van der Waals surface area contributed by atoms with Crippen LogP contribution in [0.5, 0.6) is 5.75 Å². The zero-order valence-corrected chi connectivity index (χ0v) is 7.26. The Morgan fingerprint density at radius 1 is 1.50 bits per heavy atom. The highest BCUT2D eigenvalue weighted by Gasteiger charge is 2.08. The van der Waals surface area contributed by atoms with Crippen molar-refractivity contribution in [3.05, 3.63) is 29.8 Å². The van der Waals surface area contributed by atoms with Gasteiger partial charge in [-0.1, -0.05) is 12.1 Å². The molecule has 0 atom stereocenters. The minimum absolute atomic E-state index is 0.367. The molecule has 1 aromatic rings. The fourth-order valence-electron chi connectivity index (χ4n) is 0.883. The Bertz CT molecular complexity index is 288. The molecular weight excluding hydrogens is 178 g/mol. The van der Waals surface area contributed by atoms with Gasteiger partial charge in [0.05, 0.1) is 12.7 Å².